The third-order valence-electron chi connectivity index (χ3n) is 2.19. The zero-order chi connectivity index (χ0) is 7.90. The molecule has 1 heterocycles. The fraction of sp³-hybridized carbons (Fsp3) is 0.889. The molecule has 0 unspecified atom stereocenters. The lowest BCUT2D eigenvalue weighted by Crippen LogP contribution is -2.21. The first-order valence-electron chi connectivity index (χ1n) is 4.31. The van der Waals surface area contributed by atoms with Crippen LogP contribution in [0.3, 0.4) is 0 Å². The second kappa shape index (κ2) is 2.46. The summed E-state index contributed by atoms with van der Waals surface area (Å²) in [6, 6.07) is 0. The molecule has 2 heteroatoms. The van der Waals surface area contributed by atoms with Gasteiger partial charge >= 0.3 is 0 Å². The van der Waals surface area contributed by atoms with Gasteiger partial charge in [0.2, 0.25) is 0 Å². The molecule has 1 aliphatic heterocycles. The molecule has 2 nitrogen and oxygen atoms in total. The highest BCUT2D eigenvalue weighted by Gasteiger charge is 2.36. The maximum atomic E-state index is 5.66. The summed E-state index contributed by atoms with van der Waals surface area (Å²) in [5.41, 5.74) is 0. The first-order valence-corrected chi connectivity index (χ1v) is 4.31. The van der Waals surface area contributed by atoms with E-state index in [2.05, 4.69) is 0 Å². The maximum Gasteiger partial charge on any atom is 0.163 e. The molecule has 0 aromatic heterocycles. The van der Waals surface area contributed by atoms with Crippen molar-refractivity contribution < 1.29 is 9.47 Å². The van der Waals surface area contributed by atoms with Crippen LogP contribution in [0.4, 0.5) is 0 Å². The van der Waals surface area contributed by atoms with Gasteiger partial charge in [-0.05, 0) is 39.0 Å². The van der Waals surface area contributed by atoms with E-state index in [0.29, 0.717) is 6.10 Å². The fourth-order valence-corrected chi connectivity index (χ4v) is 1.48. The van der Waals surface area contributed by atoms with E-state index >= 15 is 0 Å². The van der Waals surface area contributed by atoms with E-state index in [1.807, 2.05) is 13.8 Å². The number of hydrogen-bond donors (Lipinski definition) is 0. The maximum absolute atomic E-state index is 5.66. The van der Waals surface area contributed by atoms with Gasteiger partial charge in [-0.25, -0.2) is 0 Å². The third-order valence-corrected chi connectivity index (χ3v) is 2.19. The van der Waals surface area contributed by atoms with E-state index in [4.69, 9.17) is 9.47 Å². The van der Waals surface area contributed by atoms with Crippen LogP contribution >= 0.6 is 0 Å². The Morgan fingerprint density at radius 3 is 2.64 bits per heavy atom. The van der Waals surface area contributed by atoms with Crippen molar-refractivity contribution in [1.82, 2.24) is 0 Å². The van der Waals surface area contributed by atoms with Crippen molar-refractivity contribution in [3.8, 4) is 0 Å². The molecule has 1 saturated heterocycles. The van der Waals surface area contributed by atoms with Crippen molar-refractivity contribution in [3.05, 3.63) is 5.92 Å². The van der Waals surface area contributed by atoms with Crippen LogP contribution in [0.15, 0.2) is 0 Å². The Morgan fingerprint density at radius 2 is 2.18 bits per heavy atom. The quantitative estimate of drug-likeness (QED) is 0.606. The van der Waals surface area contributed by atoms with E-state index in [1.54, 1.807) is 5.92 Å². The lowest BCUT2D eigenvalue weighted by molar-refractivity contribution is -0.138. The Bertz CT molecular complexity index is 150. The highest BCUT2D eigenvalue weighted by Crippen LogP contribution is 2.39. The predicted octanol–water partition coefficient (Wildman–Crippen LogP) is 1.90. The summed E-state index contributed by atoms with van der Waals surface area (Å²) in [6.07, 6.45) is 4.10. The Hall–Kier alpha value is -0.0800. The Kier molecular flexibility index (Phi) is 1.69. The lowest BCUT2D eigenvalue weighted by atomic mass is 10.2. The van der Waals surface area contributed by atoms with Gasteiger partial charge in [-0.3, -0.25) is 0 Å². The van der Waals surface area contributed by atoms with Crippen molar-refractivity contribution in [1.29, 1.82) is 0 Å². The van der Waals surface area contributed by atoms with Crippen molar-refractivity contribution in [2.75, 3.05) is 6.61 Å². The van der Waals surface area contributed by atoms with Gasteiger partial charge in [0.15, 0.2) is 5.79 Å². The van der Waals surface area contributed by atoms with Crippen LogP contribution < -0.4 is 0 Å². The minimum atomic E-state index is -0.333. The SMILES string of the molecule is CC1(C)OC[C@H](C[C]2CC2)O1. The molecule has 63 valence electrons. The Morgan fingerprint density at radius 1 is 1.45 bits per heavy atom. The summed E-state index contributed by atoms with van der Waals surface area (Å²) in [4.78, 5) is 0. The van der Waals surface area contributed by atoms with Crippen LogP contribution in [0.5, 0.6) is 0 Å². The molecule has 2 rings (SSSR count). The first kappa shape index (κ1) is 7.56. The summed E-state index contributed by atoms with van der Waals surface area (Å²) >= 11 is 0. The van der Waals surface area contributed by atoms with Crippen LogP contribution in [0.2, 0.25) is 0 Å². The van der Waals surface area contributed by atoms with Crippen LogP contribution in [0.25, 0.3) is 0 Å². The van der Waals surface area contributed by atoms with Crippen molar-refractivity contribution in [2.24, 2.45) is 0 Å². The molecule has 0 spiro atoms. The van der Waals surface area contributed by atoms with Crippen LogP contribution in [-0.2, 0) is 9.47 Å². The van der Waals surface area contributed by atoms with E-state index in [0.717, 1.165) is 13.0 Å². The smallest absolute Gasteiger partial charge is 0.163 e. The molecule has 0 bridgehead atoms. The number of hydrogen-bond acceptors (Lipinski definition) is 2. The summed E-state index contributed by atoms with van der Waals surface area (Å²) in [7, 11) is 0. The topological polar surface area (TPSA) is 18.5 Å². The molecule has 2 aliphatic rings. The molecule has 0 aromatic carbocycles. The zero-order valence-corrected chi connectivity index (χ0v) is 7.22. The molecule has 0 amide bonds. The van der Waals surface area contributed by atoms with Gasteiger partial charge in [0.25, 0.3) is 0 Å². The second-order valence-electron chi connectivity index (χ2n) is 3.90. The molecular weight excluding hydrogens is 140 g/mol. The van der Waals surface area contributed by atoms with Crippen LogP contribution in [0.1, 0.15) is 33.1 Å². The first-order chi connectivity index (χ1) is 5.16. The highest BCUT2D eigenvalue weighted by atomic mass is 16.7. The zero-order valence-electron chi connectivity index (χ0n) is 7.22. The van der Waals surface area contributed by atoms with Gasteiger partial charge in [0.05, 0.1) is 12.7 Å². The summed E-state index contributed by atoms with van der Waals surface area (Å²) in [6.45, 7) is 4.73. The predicted molar refractivity (Wildman–Crippen MR) is 42.0 cm³/mol. The molecule has 1 atom stereocenters. The molecular formula is C9H15O2. The molecule has 1 saturated carbocycles. The highest BCUT2D eigenvalue weighted by molar-refractivity contribution is 5.06. The average Bonchev–Trinajstić information content (AvgIpc) is 2.61. The largest absolute Gasteiger partial charge is 0.348 e. The van der Waals surface area contributed by atoms with E-state index < -0.39 is 0 Å². The van der Waals surface area contributed by atoms with E-state index in [1.165, 1.54) is 12.8 Å². The summed E-state index contributed by atoms with van der Waals surface area (Å²) in [5, 5.41) is 0. The van der Waals surface area contributed by atoms with Gasteiger partial charge in [-0.2, -0.15) is 0 Å². The fourth-order valence-electron chi connectivity index (χ4n) is 1.48. The summed E-state index contributed by atoms with van der Waals surface area (Å²) < 4.78 is 11.1. The van der Waals surface area contributed by atoms with Crippen molar-refractivity contribution in [3.63, 3.8) is 0 Å². The van der Waals surface area contributed by atoms with Gasteiger partial charge in [-0.15, -0.1) is 0 Å². The van der Waals surface area contributed by atoms with E-state index in [9.17, 15) is 0 Å². The lowest BCUT2D eigenvalue weighted by Gasteiger charge is -2.16. The minimum absolute atomic E-state index is 0.333. The standard InChI is InChI=1S/C9H15O2/c1-9(2)10-6-8(11-9)5-7-3-4-7/h8H,3-6H2,1-2H3/t8-/m0/s1. The molecule has 2 fully saturated rings. The molecule has 1 radical (unpaired) electrons. The van der Waals surface area contributed by atoms with Crippen molar-refractivity contribution >= 4 is 0 Å². The van der Waals surface area contributed by atoms with Crippen molar-refractivity contribution in [2.45, 2.75) is 45.0 Å². The monoisotopic (exact) mass is 155 g/mol. The second-order valence-corrected chi connectivity index (χ2v) is 3.90. The van der Waals surface area contributed by atoms with Crippen LogP contribution in [-0.4, -0.2) is 18.5 Å². The molecule has 0 N–H and O–H groups in total. The Labute approximate surface area is 67.9 Å². The molecule has 11 heavy (non-hydrogen) atoms. The Balaban J connectivity index is 1.79. The van der Waals surface area contributed by atoms with Gasteiger partial charge in [0, 0.05) is 0 Å². The summed E-state index contributed by atoms with van der Waals surface area (Å²) in [5.74, 6) is 1.32. The van der Waals surface area contributed by atoms with E-state index in [-0.39, 0.29) is 5.79 Å². The molecule has 1 aliphatic carbocycles. The van der Waals surface area contributed by atoms with Gasteiger partial charge in [-0.1, -0.05) is 0 Å². The third kappa shape index (κ3) is 1.94. The van der Waals surface area contributed by atoms with Gasteiger partial charge in [0.1, 0.15) is 0 Å². The number of rotatable bonds is 2. The average molecular weight is 155 g/mol. The van der Waals surface area contributed by atoms with Gasteiger partial charge < -0.3 is 9.47 Å². The normalized spacial score (nSPS) is 36.0. The minimum Gasteiger partial charge on any atom is -0.348 e. The van der Waals surface area contributed by atoms with Crippen LogP contribution in [0, 0.1) is 5.92 Å². The molecule has 0 aromatic rings. The number of ether oxygens (including phenoxy) is 2.